The van der Waals surface area contributed by atoms with Crippen LogP contribution in [-0.4, -0.2) is 35.3 Å². The minimum absolute atomic E-state index is 0.00352. The highest BCUT2D eigenvalue weighted by atomic mass is 16.2. The largest absolute Gasteiger partial charge is 0.306 e. The number of nitrogens with zero attached hydrogens (tertiary/aromatic N) is 1. The van der Waals surface area contributed by atoms with Gasteiger partial charge in [-0.25, -0.2) is 0 Å². The summed E-state index contributed by atoms with van der Waals surface area (Å²) < 4.78 is 0. The number of amides is 2. The van der Waals surface area contributed by atoms with Gasteiger partial charge in [0, 0.05) is 12.5 Å². The average Bonchev–Trinajstić information content (AvgIpc) is 2.75. The zero-order chi connectivity index (χ0) is 10.1. The summed E-state index contributed by atoms with van der Waals surface area (Å²) in [5.41, 5.74) is 0. The molecule has 2 rings (SSSR count). The predicted molar refractivity (Wildman–Crippen MR) is 51.6 cm³/mol. The Labute approximate surface area is 83.6 Å². The molecule has 2 heterocycles. The molecule has 0 unspecified atom stereocenters. The fraction of sp³-hybridized carbons (Fsp3) is 0.800. The van der Waals surface area contributed by atoms with Gasteiger partial charge in [-0.05, 0) is 32.7 Å². The number of likely N-dealkylation sites (tertiary alicyclic amines) is 1. The van der Waals surface area contributed by atoms with Gasteiger partial charge in [-0.15, -0.1) is 0 Å². The quantitative estimate of drug-likeness (QED) is 0.613. The van der Waals surface area contributed by atoms with Gasteiger partial charge in [0.15, 0.2) is 0 Å². The molecule has 0 aliphatic carbocycles. The zero-order valence-corrected chi connectivity index (χ0v) is 8.45. The molecular weight excluding hydrogens is 180 g/mol. The van der Waals surface area contributed by atoms with Crippen molar-refractivity contribution in [3.8, 4) is 0 Å². The molecule has 0 saturated carbocycles. The van der Waals surface area contributed by atoms with Crippen molar-refractivity contribution in [2.75, 3.05) is 6.54 Å². The molecule has 0 aromatic carbocycles. The fourth-order valence-electron chi connectivity index (χ4n) is 2.23. The van der Waals surface area contributed by atoms with E-state index in [0.717, 1.165) is 25.8 Å². The van der Waals surface area contributed by atoms with Crippen LogP contribution in [-0.2, 0) is 9.59 Å². The Morgan fingerprint density at radius 3 is 2.79 bits per heavy atom. The van der Waals surface area contributed by atoms with Crippen LogP contribution in [0.15, 0.2) is 0 Å². The molecule has 0 aromatic heterocycles. The number of carbonyl (C=O) groups excluding carboxylic acids is 2. The fourth-order valence-corrected chi connectivity index (χ4v) is 2.23. The van der Waals surface area contributed by atoms with E-state index in [-0.39, 0.29) is 23.9 Å². The van der Waals surface area contributed by atoms with Crippen molar-refractivity contribution in [2.24, 2.45) is 0 Å². The predicted octanol–water partition coefficient (Wildman–Crippen LogP) is 0.276. The van der Waals surface area contributed by atoms with Gasteiger partial charge in [-0.2, -0.15) is 0 Å². The lowest BCUT2D eigenvalue weighted by molar-refractivity contribution is -0.144. The van der Waals surface area contributed by atoms with Crippen LogP contribution in [0.3, 0.4) is 0 Å². The Hall–Kier alpha value is -0.900. The SMILES string of the molecule is C[C@@H]1CCC(=O)N1C(=O)[C@H]1CCCN1. The third-order valence-electron chi connectivity index (χ3n) is 3.08. The van der Waals surface area contributed by atoms with Crippen LogP contribution >= 0.6 is 0 Å². The van der Waals surface area contributed by atoms with Crippen LogP contribution in [0.5, 0.6) is 0 Å². The van der Waals surface area contributed by atoms with Crippen molar-refractivity contribution in [3.63, 3.8) is 0 Å². The van der Waals surface area contributed by atoms with Crippen molar-refractivity contribution in [2.45, 2.75) is 44.7 Å². The van der Waals surface area contributed by atoms with Crippen LogP contribution in [0, 0.1) is 0 Å². The van der Waals surface area contributed by atoms with E-state index >= 15 is 0 Å². The lowest BCUT2D eigenvalue weighted by Crippen LogP contribution is -2.46. The summed E-state index contributed by atoms with van der Waals surface area (Å²) in [7, 11) is 0. The topological polar surface area (TPSA) is 49.4 Å². The van der Waals surface area contributed by atoms with Crippen LogP contribution < -0.4 is 5.32 Å². The normalized spacial score (nSPS) is 32.6. The summed E-state index contributed by atoms with van der Waals surface area (Å²) in [5, 5.41) is 3.13. The van der Waals surface area contributed by atoms with E-state index in [1.54, 1.807) is 0 Å². The molecule has 2 fully saturated rings. The third kappa shape index (κ3) is 1.54. The Morgan fingerprint density at radius 1 is 1.50 bits per heavy atom. The first kappa shape index (κ1) is 9.65. The molecule has 1 N–H and O–H groups in total. The molecule has 0 bridgehead atoms. The summed E-state index contributed by atoms with van der Waals surface area (Å²) in [5.74, 6) is -0.0197. The Morgan fingerprint density at radius 2 is 2.29 bits per heavy atom. The van der Waals surface area contributed by atoms with E-state index in [0.29, 0.717) is 6.42 Å². The maximum Gasteiger partial charge on any atom is 0.246 e. The van der Waals surface area contributed by atoms with E-state index in [9.17, 15) is 9.59 Å². The minimum atomic E-state index is -0.112. The second-order valence-corrected chi connectivity index (χ2v) is 4.14. The molecule has 2 atom stereocenters. The smallest absolute Gasteiger partial charge is 0.246 e. The Bertz CT molecular complexity index is 259. The molecule has 2 aliphatic rings. The molecule has 2 saturated heterocycles. The van der Waals surface area contributed by atoms with E-state index in [1.165, 1.54) is 4.90 Å². The molecule has 2 aliphatic heterocycles. The highest BCUT2D eigenvalue weighted by Gasteiger charge is 2.37. The second kappa shape index (κ2) is 3.69. The minimum Gasteiger partial charge on any atom is -0.306 e. The number of nitrogens with one attached hydrogen (secondary N) is 1. The Balaban J connectivity index is 2.05. The average molecular weight is 196 g/mol. The number of imide groups is 1. The van der Waals surface area contributed by atoms with Crippen LogP contribution in [0.1, 0.15) is 32.6 Å². The number of hydrogen-bond donors (Lipinski definition) is 1. The van der Waals surface area contributed by atoms with E-state index in [1.807, 2.05) is 6.92 Å². The summed E-state index contributed by atoms with van der Waals surface area (Å²) in [4.78, 5) is 24.8. The lowest BCUT2D eigenvalue weighted by atomic mass is 10.2. The molecule has 78 valence electrons. The third-order valence-corrected chi connectivity index (χ3v) is 3.08. The van der Waals surface area contributed by atoms with Crippen molar-refractivity contribution in [1.82, 2.24) is 10.2 Å². The zero-order valence-electron chi connectivity index (χ0n) is 8.45. The second-order valence-electron chi connectivity index (χ2n) is 4.14. The van der Waals surface area contributed by atoms with Gasteiger partial charge in [-0.1, -0.05) is 0 Å². The van der Waals surface area contributed by atoms with Gasteiger partial charge in [-0.3, -0.25) is 14.5 Å². The first-order valence-corrected chi connectivity index (χ1v) is 5.29. The van der Waals surface area contributed by atoms with Crippen molar-refractivity contribution >= 4 is 11.8 Å². The van der Waals surface area contributed by atoms with Crippen LogP contribution in [0.4, 0.5) is 0 Å². The maximum absolute atomic E-state index is 11.9. The maximum atomic E-state index is 11.9. The number of carbonyl (C=O) groups is 2. The van der Waals surface area contributed by atoms with Crippen molar-refractivity contribution in [3.05, 3.63) is 0 Å². The van der Waals surface area contributed by atoms with Gasteiger partial charge in [0.2, 0.25) is 11.8 Å². The van der Waals surface area contributed by atoms with Gasteiger partial charge < -0.3 is 5.32 Å². The number of rotatable bonds is 1. The van der Waals surface area contributed by atoms with Gasteiger partial charge in [0.1, 0.15) is 0 Å². The highest BCUT2D eigenvalue weighted by molar-refractivity contribution is 5.99. The van der Waals surface area contributed by atoms with Crippen LogP contribution in [0.2, 0.25) is 0 Å². The van der Waals surface area contributed by atoms with Crippen molar-refractivity contribution < 1.29 is 9.59 Å². The summed E-state index contributed by atoms with van der Waals surface area (Å²) >= 11 is 0. The van der Waals surface area contributed by atoms with Gasteiger partial charge in [0.25, 0.3) is 0 Å². The Kier molecular flexibility index (Phi) is 2.54. The molecule has 0 radical (unpaired) electrons. The van der Waals surface area contributed by atoms with Crippen molar-refractivity contribution in [1.29, 1.82) is 0 Å². The first-order valence-electron chi connectivity index (χ1n) is 5.29. The summed E-state index contributed by atoms with van der Waals surface area (Å²) in [6.07, 6.45) is 3.25. The molecule has 4 nitrogen and oxygen atoms in total. The monoisotopic (exact) mass is 196 g/mol. The molecule has 2 amide bonds. The number of hydrogen-bond acceptors (Lipinski definition) is 3. The van der Waals surface area contributed by atoms with Gasteiger partial charge >= 0.3 is 0 Å². The molecule has 4 heteroatoms. The first-order chi connectivity index (χ1) is 6.70. The van der Waals surface area contributed by atoms with Gasteiger partial charge in [0.05, 0.1) is 6.04 Å². The highest BCUT2D eigenvalue weighted by Crippen LogP contribution is 2.21. The summed E-state index contributed by atoms with van der Waals surface area (Å²) in [6.45, 7) is 2.84. The molecule has 0 aromatic rings. The summed E-state index contributed by atoms with van der Waals surface area (Å²) in [6, 6.07) is -0.0168. The van der Waals surface area contributed by atoms with E-state index in [2.05, 4.69) is 5.32 Å². The van der Waals surface area contributed by atoms with E-state index in [4.69, 9.17) is 0 Å². The lowest BCUT2D eigenvalue weighted by Gasteiger charge is -2.22. The molecule has 14 heavy (non-hydrogen) atoms. The van der Waals surface area contributed by atoms with Crippen LogP contribution in [0.25, 0.3) is 0 Å². The van der Waals surface area contributed by atoms with E-state index < -0.39 is 0 Å². The molecular formula is C10H16N2O2. The molecule has 0 spiro atoms. The standard InChI is InChI=1S/C10H16N2O2/c1-7-4-5-9(13)12(7)10(14)8-3-2-6-11-8/h7-8,11H,2-6H2,1H3/t7-,8-/m1/s1.